The van der Waals surface area contributed by atoms with E-state index in [-0.39, 0.29) is 21.4 Å². The summed E-state index contributed by atoms with van der Waals surface area (Å²) in [6, 6.07) is 9.67. The Balaban J connectivity index is 1.86. The summed E-state index contributed by atoms with van der Waals surface area (Å²) in [6.45, 7) is 1.99. The number of nitrogens with two attached hydrogens (primary N) is 1. The van der Waals surface area contributed by atoms with Crippen LogP contribution < -0.4 is 14.8 Å². The molecule has 10 heteroatoms. The van der Waals surface area contributed by atoms with E-state index in [1.165, 1.54) is 37.3 Å². The number of rotatable bonds is 4. The number of anilines is 2. The van der Waals surface area contributed by atoms with E-state index in [0.29, 0.717) is 18.7 Å². The molecule has 0 aromatic heterocycles. The van der Waals surface area contributed by atoms with Crippen molar-refractivity contribution in [1.29, 1.82) is 0 Å². The molecule has 0 spiro atoms. The molecular formula is C16H17N3O5S2. The van der Waals surface area contributed by atoms with E-state index in [4.69, 9.17) is 5.14 Å². The van der Waals surface area contributed by atoms with Crippen molar-refractivity contribution < 1.29 is 21.6 Å². The monoisotopic (exact) mass is 395 g/mol. The maximum absolute atomic E-state index is 12.6. The van der Waals surface area contributed by atoms with Crippen LogP contribution in [0.1, 0.15) is 12.5 Å². The zero-order valence-corrected chi connectivity index (χ0v) is 15.5. The Kier molecular flexibility index (Phi) is 4.51. The molecule has 1 amide bonds. The molecule has 0 fully saturated rings. The lowest BCUT2D eigenvalue weighted by molar-refractivity contribution is -0.116. The molecule has 1 aliphatic heterocycles. The second-order valence-corrected chi connectivity index (χ2v) is 9.13. The quantitative estimate of drug-likeness (QED) is 0.800. The summed E-state index contributed by atoms with van der Waals surface area (Å²) >= 11 is 0. The number of carbonyl (C=O) groups excluding carboxylic acids is 1. The van der Waals surface area contributed by atoms with Crippen LogP contribution in [0.25, 0.3) is 0 Å². The number of amides is 1. The molecule has 2 aromatic carbocycles. The summed E-state index contributed by atoms with van der Waals surface area (Å²) in [5.74, 6) is -0.0903. The number of primary sulfonamides is 1. The molecule has 0 aliphatic carbocycles. The normalized spacial score (nSPS) is 14.2. The van der Waals surface area contributed by atoms with Gasteiger partial charge in [-0.2, -0.15) is 0 Å². The molecule has 26 heavy (non-hydrogen) atoms. The van der Waals surface area contributed by atoms with Gasteiger partial charge in [-0.25, -0.2) is 22.0 Å². The van der Waals surface area contributed by atoms with E-state index < -0.39 is 20.0 Å². The first kappa shape index (κ1) is 18.4. The first-order valence-corrected chi connectivity index (χ1v) is 10.7. The third kappa shape index (κ3) is 3.57. The topological polar surface area (TPSA) is 127 Å². The third-order valence-corrected chi connectivity index (χ3v) is 6.38. The van der Waals surface area contributed by atoms with Crippen molar-refractivity contribution in [3.8, 4) is 0 Å². The zero-order chi connectivity index (χ0) is 19.1. The van der Waals surface area contributed by atoms with Crippen molar-refractivity contribution in [3.63, 3.8) is 0 Å². The van der Waals surface area contributed by atoms with E-state index in [9.17, 15) is 21.6 Å². The van der Waals surface area contributed by atoms with E-state index in [1.54, 1.807) is 17.0 Å². The van der Waals surface area contributed by atoms with Crippen LogP contribution in [-0.2, 0) is 31.3 Å². The average Bonchev–Trinajstić information content (AvgIpc) is 2.97. The highest BCUT2D eigenvalue weighted by atomic mass is 32.2. The number of nitrogens with zero attached hydrogens (tertiary/aromatic N) is 1. The van der Waals surface area contributed by atoms with Gasteiger partial charge in [-0.3, -0.25) is 9.52 Å². The van der Waals surface area contributed by atoms with E-state index in [2.05, 4.69) is 4.72 Å². The Morgan fingerprint density at radius 3 is 2.23 bits per heavy atom. The van der Waals surface area contributed by atoms with Crippen LogP contribution in [0.5, 0.6) is 0 Å². The fourth-order valence-corrected chi connectivity index (χ4v) is 4.42. The predicted octanol–water partition coefficient (Wildman–Crippen LogP) is 1.04. The maximum Gasteiger partial charge on any atom is 0.261 e. The largest absolute Gasteiger partial charge is 0.312 e. The van der Waals surface area contributed by atoms with Crippen LogP contribution in [0.15, 0.2) is 52.3 Å². The molecule has 2 aromatic rings. The first-order valence-electron chi connectivity index (χ1n) is 7.65. The van der Waals surface area contributed by atoms with E-state index in [0.717, 1.165) is 5.56 Å². The minimum atomic E-state index is -3.86. The Morgan fingerprint density at radius 2 is 1.65 bits per heavy atom. The molecule has 0 atom stereocenters. The van der Waals surface area contributed by atoms with Gasteiger partial charge in [-0.05, 0) is 54.4 Å². The molecule has 0 saturated carbocycles. The van der Waals surface area contributed by atoms with Crippen LogP contribution >= 0.6 is 0 Å². The molecule has 0 saturated heterocycles. The lowest BCUT2D eigenvalue weighted by Gasteiger charge is -2.15. The second kappa shape index (κ2) is 6.38. The van der Waals surface area contributed by atoms with Gasteiger partial charge < -0.3 is 4.90 Å². The average molecular weight is 395 g/mol. The van der Waals surface area contributed by atoms with Crippen LogP contribution in [0.2, 0.25) is 0 Å². The van der Waals surface area contributed by atoms with Crippen LogP contribution in [0, 0.1) is 0 Å². The van der Waals surface area contributed by atoms with E-state index in [1.807, 2.05) is 0 Å². The van der Waals surface area contributed by atoms with Crippen LogP contribution in [-0.4, -0.2) is 29.3 Å². The molecule has 0 bridgehead atoms. The maximum atomic E-state index is 12.6. The molecule has 138 valence electrons. The Labute approximate surface area is 151 Å². The van der Waals surface area contributed by atoms with Gasteiger partial charge >= 0.3 is 0 Å². The van der Waals surface area contributed by atoms with Gasteiger partial charge in [-0.1, -0.05) is 0 Å². The van der Waals surface area contributed by atoms with Gasteiger partial charge in [-0.15, -0.1) is 0 Å². The minimum Gasteiger partial charge on any atom is -0.312 e. The smallest absolute Gasteiger partial charge is 0.261 e. The first-order chi connectivity index (χ1) is 12.1. The van der Waals surface area contributed by atoms with Crippen molar-refractivity contribution in [2.24, 2.45) is 5.14 Å². The number of nitrogens with one attached hydrogen (secondary N) is 1. The summed E-state index contributed by atoms with van der Waals surface area (Å²) in [4.78, 5) is 13.1. The molecule has 1 heterocycles. The van der Waals surface area contributed by atoms with Gasteiger partial charge in [0.05, 0.1) is 9.79 Å². The highest BCUT2D eigenvalue weighted by Crippen LogP contribution is 2.30. The van der Waals surface area contributed by atoms with Crippen LogP contribution in [0.3, 0.4) is 0 Å². The highest BCUT2D eigenvalue weighted by Gasteiger charge is 2.24. The van der Waals surface area contributed by atoms with Crippen molar-refractivity contribution in [1.82, 2.24) is 0 Å². The SMILES string of the molecule is CC(=O)N1CCc2cc(S(=O)(=O)Nc3ccc(S(N)(=O)=O)cc3)ccc21. The molecule has 8 nitrogen and oxygen atoms in total. The highest BCUT2D eigenvalue weighted by molar-refractivity contribution is 7.92. The van der Waals surface area contributed by atoms with Gasteiger partial charge in [0.1, 0.15) is 0 Å². The summed E-state index contributed by atoms with van der Waals surface area (Å²) in [5, 5.41) is 5.02. The zero-order valence-electron chi connectivity index (χ0n) is 13.8. The van der Waals surface area contributed by atoms with Crippen molar-refractivity contribution >= 4 is 37.3 Å². The summed E-state index contributed by atoms with van der Waals surface area (Å²) < 4.78 is 50.0. The van der Waals surface area contributed by atoms with Crippen molar-refractivity contribution in [3.05, 3.63) is 48.0 Å². The lowest BCUT2D eigenvalue weighted by Crippen LogP contribution is -2.25. The number of carbonyl (C=O) groups is 1. The summed E-state index contributed by atoms with van der Waals surface area (Å²) in [7, 11) is -7.70. The third-order valence-electron chi connectivity index (χ3n) is 4.07. The molecule has 1 aliphatic rings. The van der Waals surface area contributed by atoms with E-state index >= 15 is 0 Å². The number of fused-ring (bicyclic) bond motifs is 1. The van der Waals surface area contributed by atoms with Gasteiger partial charge in [0.15, 0.2) is 0 Å². The Hall–Kier alpha value is -2.43. The second-order valence-electron chi connectivity index (χ2n) is 5.89. The standard InChI is InChI=1S/C16H17N3O5S2/c1-11(20)19-9-8-12-10-15(6-7-16(12)19)26(23,24)18-13-2-4-14(5-3-13)25(17,21)22/h2-7,10,18H,8-9H2,1H3,(H2,17,21,22). The minimum absolute atomic E-state index is 0.0668. The number of hydrogen-bond acceptors (Lipinski definition) is 5. The van der Waals surface area contributed by atoms with Gasteiger partial charge in [0.25, 0.3) is 10.0 Å². The summed E-state index contributed by atoms with van der Waals surface area (Å²) in [5.41, 5.74) is 1.71. The van der Waals surface area contributed by atoms with Crippen molar-refractivity contribution in [2.45, 2.75) is 23.1 Å². The lowest BCUT2D eigenvalue weighted by atomic mass is 10.2. The molecule has 3 rings (SSSR count). The number of hydrogen-bond donors (Lipinski definition) is 2. The summed E-state index contributed by atoms with van der Waals surface area (Å²) in [6.07, 6.45) is 0.585. The Bertz CT molecular complexity index is 1080. The van der Waals surface area contributed by atoms with Gasteiger partial charge in [0.2, 0.25) is 15.9 Å². The molecular weight excluding hydrogens is 378 g/mol. The fraction of sp³-hybridized carbons (Fsp3) is 0.188. The fourth-order valence-electron chi connectivity index (χ4n) is 2.80. The molecule has 0 radical (unpaired) electrons. The number of benzene rings is 2. The number of sulfonamides is 2. The van der Waals surface area contributed by atoms with Gasteiger partial charge in [0, 0.05) is 24.8 Å². The molecule has 0 unspecified atom stereocenters. The predicted molar refractivity (Wildman–Crippen MR) is 96.8 cm³/mol. The van der Waals surface area contributed by atoms with Crippen molar-refractivity contribution in [2.75, 3.05) is 16.2 Å². The van der Waals surface area contributed by atoms with Crippen LogP contribution in [0.4, 0.5) is 11.4 Å². The Morgan fingerprint density at radius 1 is 1.04 bits per heavy atom. The molecule has 3 N–H and O–H groups in total.